The number of methoxy groups -OCH3 is 1. The molecular formula is C14H14N2O3S. The summed E-state index contributed by atoms with van der Waals surface area (Å²) in [5.41, 5.74) is 1.20. The number of nitrogens with zero attached hydrogens (tertiary/aromatic N) is 2. The number of aldehydes is 1. The summed E-state index contributed by atoms with van der Waals surface area (Å²) in [5, 5.41) is 0.613. The average molecular weight is 290 g/mol. The lowest BCUT2D eigenvalue weighted by atomic mass is 10.2. The molecule has 104 valence electrons. The molecule has 1 aromatic heterocycles. The van der Waals surface area contributed by atoms with Crippen LogP contribution in [0.15, 0.2) is 29.4 Å². The van der Waals surface area contributed by atoms with Gasteiger partial charge in [0.25, 0.3) is 0 Å². The number of hydrogen-bond acceptors (Lipinski definition) is 6. The summed E-state index contributed by atoms with van der Waals surface area (Å²) in [4.78, 5) is 19.6. The summed E-state index contributed by atoms with van der Waals surface area (Å²) >= 11 is 1.42. The topological polar surface area (TPSA) is 61.3 Å². The van der Waals surface area contributed by atoms with E-state index in [1.807, 2.05) is 13.2 Å². The van der Waals surface area contributed by atoms with Crippen molar-refractivity contribution in [2.75, 3.05) is 13.4 Å². The van der Waals surface area contributed by atoms with Gasteiger partial charge in [-0.25, -0.2) is 4.98 Å². The maximum absolute atomic E-state index is 11.1. The third-order valence-corrected chi connectivity index (χ3v) is 3.10. The van der Waals surface area contributed by atoms with Crippen molar-refractivity contribution in [3.8, 4) is 17.4 Å². The Labute approximate surface area is 121 Å². The van der Waals surface area contributed by atoms with Crippen molar-refractivity contribution in [3.05, 3.63) is 35.5 Å². The first kappa shape index (κ1) is 14.3. The fraction of sp³-hybridized carbons (Fsp3) is 0.214. The molecule has 6 heteroatoms. The van der Waals surface area contributed by atoms with E-state index in [9.17, 15) is 4.79 Å². The molecule has 0 saturated carbocycles. The van der Waals surface area contributed by atoms with Crippen molar-refractivity contribution < 1.29 is 14.3 Å². The zero-order valence-electron chi connectivity index (χ0n) is 11.4. The van der Waals surface area contributed by atoms with Crippen LogP contribution >= 0.6 is 11.8 Å². The lowest BCUT2D eigenvalue weighted by Crippen LogP contribution is -1.98. The molecule has 0 fully saturated rings. The normalized spacial score (nSPS) is 10.2. The second-order valence-electron chi connectivity index (χ2n) is 3.93. The largest absolute Gasteiger partial charge is 0.493 e. The van der Waals surface area contributed by atoms with Crippen LogP contribution in [0, 0.1) is 6.92 Å². The molecule has 0 N–H and O–H groups in total. The highest BCUT2D eigenvalue weighted by Gasteiger charge is 2.13. The molecule has 0 bridgehead atoms. The highest BCUT2D eigenvalue weighted by molar-refractivity contribution is 7.98. The van der Waals surface area contributed by atoms with Crippen LogP contribution in [-0.4, -0.2) is 29.6 Å². The number of benzene rings is 1. The van der Waals surface area contributed by atoms with E-state index in [0.29, 0.717) is 28.1 Å². The molecule has 0 aliphatic heterocycles. The Morgan fingerprint density at radius 2 is 2.10 bits per heavy atom. The molecule has 20 heavy (non-hydrogen) atoms. The van der Waals surface area contributed by atoms with E-state index in [0.717, 1.165) is 12.0 Å². The molecule has 2 aromatic rings. The van der Waals surface area contributed by atoms with Gasteiger partial charge in [-0.15, -0.1) is 0 Å². The SMILES string of the molecule is COc1cccc(C=O)c1Oc1cc(C)nc(SC)n1. The van der Waals surface area contributed by atoms with Crippen LogP contribution in [0.3, 0.4) is 0 Å². The van der Waals surface area contributed by atoms with Gasteiger partial charge in [0.1, 0.15) is 0 Å². The van der Waals surface area contributed by atoms with Crippen molar-refractivity contribution in [2.45, 2.75) is 12.1 Å². The predicted octanol–water partition coefficient (Wildman–Crippen LogP) is 3.12. The maximum atomic E-state index is 11.1. The van der Waals surface area contributed by atoms with Crippen molar-refractivity contribution in [1.29, 1.82) is 0 Å². The second kappa shape index (κ2) is 6.38. The van der Waals surface area contributed by atoms with E-state index in [4.69, 9.17) is 9.47 Å². The highest BCUT2D eigenvalue weighted by atomic mass is 32.2. The van der Waals surface area contributed by atoms with E-state index in [1.54, 1.807) is 24.3 Å². The molecule has 0 atom stereocenters. The van der Waals surface area contributed by atoms with Crippen LogP contribution in [0.4, 0.5) is 0 Å². The molecule has 2 rings (SSSR count). The van der Waals surface area contributed by atoms with Crippen LogP contribution in [0.2, 0.25) is 0 Å². The summed E-state index contributed by atoms with van der Waals surface area (Å²) in [6, 6.07) is 6.83. The van der Waals surface area contributed by atoms with Crippen molar-refractivity contribution in [2.24, 2.45) is 0 Å². The summed E-state index contributed by atoms with van der Waals surface area (Å²) in [7, 11) is 1.52. The minimum atomic E-state index is 0.357. The number of carbonyl (C=O) groups is 1. The lowest BCUT2D eigenvalue weighted by molar-refractivity contribution is 0.112. The van der Waals surface area contributed by atoms with E-state index in [1.165, 1.54) is 18.9 Å². The molecule has 0 saturated heterocycles. The van der Waals surface area contributed by atoms with E-state index in [-0.39, 0.29) is 0 Å². The third-order valence-electron chi connectivity index (χ3n) is 2.56. The predicted molar refractivity (Wildman–Crippen MR) is 77.0 cm³/mol. The number of para-hydroxylation sites is 1. The Balaban J connectivity index is 2.43. The fourth-order valence-corrected chi connectivity index (χ4v) is 2.07. The van der Waals surface area contributed by atoms with E-state index >= 15 is 0 Å². The molecule has 0 aliphatic rings. The second-order valence-corrected chi connectivity index (χ2v) is 4.71. The molecule has 0 amide bonds. The minimum absolute atomic E-state index is 0.357. The van der Waals surface area contributed by atoms with Gasteiger partial charge in [0, 0.05) is 11.8 Å². The van der Waals surface area contributed by atoms with E-state index in [2.05, 4.69) is 9.97 Å². The van der Waals surface area contributed by atoms with E-state index < -0.39 is 0 Å². The molecule has 1 heterocycles. The summed E-state index contributed by atoms with van der Waals surface area (Å²) in [6.07, 6.45) is 2.61. The minimum Gasteiger partial charge on any atom is -0.493 e. The van der Waals surface area contributed by atoms with Crippen molar-refractivity contribution in [1.82, 2.24) is 9.97 Å². The molecule has 5 nitrogen and oxygen atoms in total. The summed E-state index contributed by atoms with van der Waals surface area (Å²) in [6.45, 7) is 1.86. The number of aryl methyl sites for hydroxylation is 1. The standard InChI is InChI=1S/C14H14N2O3S/c1-9-7-12(16-14(15-9)20-3)19-13-10(8-17)5-4-6-11(13)18-2/h4-8H,1-3H3. The molecule has 0 aliphatic carbocycles. The van der Waals surface area contributed by atoms with Crippen LogP contribution in [0.1, 0.15) is 16.1 Å². The monoisotopic (exact) mass is 290 g/mol. The summed E-state index contributed by atoms with van der Waals surface area (Å²) < 4.78 is 10.9. The van der Waals surface area contributed by atoms with Crippen LogP contribution < -0.4 is 9.47 Å². The zero-order valence-corrected chi connectivity index (χ0v) is 12.2. The molecule has 1 aromatic carbocycles. The smallest absolute Gasteiger partial charge is 0.223 e. The fourth-order valence-electron chi connectivity index (χ4n) is 1.66. The van der Waals surface area contributed by atoms with Crippen LogP contribution in [-0.2, 0) is 0 Å². The Kier molecular flexibility index (Phi) is 4.57. The maximum Gasteiger partial charge on any atom is 0.223 e. The Bertz CT molecular complexity index is 632. The Morgan fingerprint density at radius 1 is 1.30 bits per heavy atom. The molecule has 0 unspecified atom stereocenters. The van der Waals surface area contributed by atoms with Crippen molar-refractivity contribution in [3.63, 3.8) is 0 Å². The van der Waals surface area contributed by atoms with Gasteiger partial charge < -0.3 is 9.47 Å². The molecule has 0 radical (unpaired) electrons. The highest BCUT2D eigenvalue weighted by Crippen LogP contribution is 2.34. The van der Waals surface area contributed by atoms with Gasteiger partial charge in [0.2, 0.25) is 5.88 Å². The van der Waals surface area contributed by atoms with Gasteiger partial charge in [0.15, 0.2) is 22.9 Å². The van der Waals surface area contributed by atoms with Crippen molar-refractivity contribution >= 4 is 18.0 Å². The van der Waals surface area contributed by atoms with Gasteiger partial charge in [-0.1, -0.05) is 17.8 Å². The van der Waals surface area contributed by atoms with Gasteiger partial charge in [-0.3, -0.25) is 4.79 Å². The molecule has 0 spiro atoms. The molecular weight excluding hydrogens is 276 g/mol. The van der Waals surface area contributed by atoms with Gasteiger partial charge >= 0.3 is 0 Å². The van der Waals surface area contributed by atoms with Gasteiger partial charge in [0.05, 0.1) is 12.7 Å². The first-order valence-corrected chi connectivity index (χ1v) is 7.10. The Hall–Kier alpha value is -2.08. The number of carbonyl (C=O) groups excluding carboxylic acids is 1. The lowest BCUT2D eigenvalue weighted by Gasteiger charge is -2.12. The first-order chi connectivity index (χ1) is 9.67. The summed E-state index contributed by atoms with van der Waals surface area (Å²) in [5.74, 6) is 1.22. The average Bonchev–Trinajstić information content (AvgIpc) is 2.46. The van der Waals surface area contributed by atoms with Crippen LogP contribution in [0.5, 0.6) is 17.4 Å². The Morgan fingerprint density at radius 3 is 2.75 bits per heavy atom. The van der Waals surface area contributed by atoms with Crippen LogP contribution in [0.25, 0.3) is 0 Å². The van der Waals surface area contributed by atoms with Gasteiger partial charge in [-0.05, 0) is 25.3 Å². The first-order valence-electron chi connectivity index (χ1n) is 5.87. The number of aromatic nitrogens is 2. The number of ether oxygens (including phenoxy) is 2. The van der Waals surface area contributed by atoms with Gasteiger partial charge in [-0.2, -0.15) is 4.98 Å². The number of thioether (sulfide) groups is 1. The third kappa shape index (κ3) is 3.08. The zero-order chi connectivity index (χ0) is 14.5. The quantitative estimate of drug-likeness (QED) is 0.479. The number of rotatable bonds is 5. The number of hydrogen-bond donors (Lipinski definition) is 0.